The average molecular weight is 273 g/mol. The second-order valence-corrected chi connectivity index (χ2v) is 5.63. The predicted octanol–water partition coefficient (Wildman–Crippen LogP) is 3.16. The Morgan fingerprint density at radius 2 is 2.00 bits per heavy atom. The molecule has 1 fully saturated rings. The topological polar surface area (TPSA) is 30.2 Å². The van der Waals surface area contributed by atoms with E-state index >= 15 is 0 Å². The van der Waals surface area contributed by atoms with Crippen molar-refractivity contribution in [3.63, 3.8) is 0 Å². The number of pyridine rings is 1. The van der Waals surface area contributed by atoms with Crippen LogP contribution in [0.4, 0.5) is 13.2 Å². The summed E-state index contributed by atoms with van der Waals surface area (Å²) < 4.78 is 38.9. The molecule has 0 bridgehead atoms. The molecule has 7 heteroatoms. The molecule has 0 amide bonds. The van der Waals surface area contributed by atoms with Gasteiger partial charge in [-0.3, -0.25) is 4.40 Å². The average Bonchev–Trinajstić information content (AvgIpc) is 2.64. The van der Waals surface area contributed by atoms with Crippen molar-refractivity contribution in [2.45, 2.75) is 29.4 Å². The van der Waals surface area contributed by atoms with Gasteiger partial charge in [0.15, 0.2) is 10.8 Å². The summed E-state index contributed by atoms with van der Waals surface area (Å²) >= 11 is 1.38. The van der Waals surface area contributed by atoms with Crippen LogP contribution in [0.3, 0.4) is 0 Å². The molecular formula is C11H10F3N3S. The van der Waals surface area contributed by atoms with E-state index in [0.717, 1.165) is 0 Å². The minimum atomic E-state index is -4.05. The van der Waals surface area contributed by atoms with Gasteiger partial charge in [0.25, 0.3) is 0 Å². The van der Waals surface area contributed by atoms with E-state index in [1.54, 1.807) is 4.40 Å². The van der Waals surface area contributed by atoms with Gasteiger partial charge in [0.05, 0.1) is 5.92 Å². The van der Waals surface area contributed by atoms with Crippen molar-refractivity contribution in [1.29, 1.82) is 0 Å². The van der Waals surface area contributed by atoms with Crippen LogP contribution < -0.4 is 0 Å². The molecule has 0 aromatic carbocycles. The Bertz CT molecular complexity index is 560. The lowest BCUT2D eigenvalue weighted by Crippen LogP contribution is -2.37. The molecule has 0 N–H and O–H groups in total. The maximum atomic E-state index is 12.4. The van der Waals surface area contributed by atoms with Crippen LogP contribution in [-0.4, -0.2) is 26.0 Å². The van der Waals surface area contributed by atoms with Crippen molar-refractivity contribution < 1.29 is 13.2 Å². The van der Waals surface area contributed by atoms with Crippen molar-refractivity contribution in [3.05, 3.63) is 24.4 Å². The summed E-state index contributed by atoms with van der Waals surface area (Å²) in [7, 11) is 0. The second kappa shape index (κ2) is 4.15. The maximum Gasteiger partial charge on any atom is 0.391 e. The Morgan fingerprint density at radius 1 is 1.22 bits per heavy atom. The fourth-order valence-corrected chi connectivity index (χ4v) is 3.29. The fourth-order valence-electron chi connectivity index (χ4n) is 1.98. The van der Waals surface area contributed by atoms with Gasteiger partial charge in [-0.2, -0.15) is 13.2 Å². The van der Waals surface area contributed by atoms with Crippen LogP contribution in [-0.2, 0) is 0 Å². The molecule has 3 rings (SSSR count). The van der Waals surface area contributed by atoms with Crippen LogP contribution in [0.25, 0.3) is 5.65 Å². The van der Waals surface area contributed by atoms with E-state index < -0.39 is 12.1 Å². The molecule has 96 valence electrons. The quantitative estimate of drug-likeness (QED) is 0.842. The van der Waals surface area contributed by atoms with Gasteiger partial charge in [0.2, 0.25) is 0 Å². The van der Waals surface area contributed by atoms with Gasteiger partial charge in [-0.1, -0.05) is 17.8 Å². The first kappa shape index (κ1) is 11.8. The number of fused-ring (bicyclic) bond motifs is 1. The van der Waals surface area contributed by atoms with E-state index in [9.17, 15) is 13.2 Å². The molecule has 2 aromatic rings. The van der Waals surface area contributed by atoms with Gasteiger partial charge >= 0.3 is 6.18 Å². The van der Waals surface area contributed by atoms with Crippen LogP contribution in [0.2, 0.25) is 0 Å². The number of aromatic nitrogens is 3. The van der Waals surface area contributed by atoms with Gasteiger partial charge in [-0.25, -0.2) is 0 Å². The molecule has 0 radical (unpaired) electrons. The van der Waals surface area contributed by atoms with E-state index in [1.807, 2.05) is 24.4 Å². The van der Waals surface area contributed by atoms with Gasteiger partial charge in [0, 0.05) is 11.4 Å². The smallest absolute Gasteiger partial charge is 0.277 e. The molecule has 2 aromatic heterocycles. The van der Waals surface area contributed by atoms with Crippen LogP contribution in [0.15, 0.2) is 29.6 Å². The molecule has 0 saturated heterocycles. The Kier molecular flexibility index (Phi) is 2.73. The summed E-state index contributed by atoms with van der Waals surface area (Å²) in [4.78, 5) is 0. The zero-order chi connectivity index (χ0) is 12.8. The number of alkyl halides is 3. The SMILES string of the molecule is FC(F)(F)C1CC(Sc2nnc3ccccn23)C1. The molecule has 1 aliphatic rings. The molecule has 3 nitrogen and oxygen atoms in total. The van der Waals surface area contributed by atoms with E-state index in [2.05, 4.69) is 10.2 Å². The normalized spacial score (nSPS) is 24.2. The highest BCUT2D eigenvalue weighted by Crippen LogP contribution is 2.47. The molecule has 18 heavy (non-hydrogen) atoms. The number of thioether (sulfide) groups is 1. The molecule has 0 unspecified atom stereocenters. The summed E-state index contributed by atoms with van der Waals surface area (Å²) in [6.07, 6.45) is -1.88. The van der Waals surface area contributed by atoms with Crippen LogP contribution >= 0.6 is 11.8 Å². The van der Waals surface area contributed by atoms with Gasteiger partial charge in [-0.15, -0.1) is 10.2 Å². The highest BCUT2D eigenvalue weighted by Gasteiger charge is 2.48. The Hall–Kier alpha value is -1.24. The number of halogens is 3. The summed E-state index contributed by atoms with van der Waals surface area (Å²) in [6.45, 7) is 0. The molecule has 0 aliphatic heterocycles. The van der Waals surface area contributed by atoms with E-state index in [-0.39, 0.29) is 18.1 Å². The third-order valence-electron chi connectivity index (χ3n) is 3.11. The largest absolute Gasteiger partial charge is 0.391 e. The minimum absolute atomic E-state index is 0.00997. The monoisotopic (exact) mass is 273 g/mol. The molecule has 2 heterocycles. The number of hydrogen-bond donors (Lipinski definition) is 0. The lowest BCUT2D eigenvalue weighted by molar-refractivity contribution is -0.192. The lowest BCUT2D eigenvalue weighted by atomic mass is 9.84. The number of hydrogen-bond acceptors (Lipinski definition) is 3. The summed E-state index contributed by atoms with van der Waals surface area (Å²) in [6, 6.07) is 5.51. The molecule has 0 atom stereocenters. The third kappa shape index (κ3) is 2.07. The number of rotatable bonds is 2. The highest BCUT2D eigenvalue weighted by molar-refractivity contribution is 7.99. The molecule has 0 spiro atoms. The zero-order valence-corrected chi connectivity index (χ0v) is 10.1. The molecule has 1 aliphatic carbocycles. The standard InChI is InChI=1S/C11H10F3N3S/c12-11(13,14)7-5-8(6-7)18-10-16-15-9-3-1-2-4-17(9)10/h1-4,7-8H,5-6H2. The van der Waals surface area contributed by atoms with Crippen molar-refractivity contribution in [1.82, 2.24) is 14.6 Å². The van der Waals surface area contributed by atoms with Gasteiger partial charge < -0.3 is 0 Å². The van der Waals surface area contributed by atoms with E-state index in [0.29, 0.717) is 10.8 Å². The second-order valence-electron chi connectivity index (χ2n) is 4.36. The van der Waals surface area contributed by atoms with Crippen molar-refractivity contribution in [2.24, 2.45) is 5.92 Å². The van der Waals surface area contributed by atoms with Gasteiger partial charge in [0.1, 0.15) is 0 Å². The Morgan fingerprint density at radius 3 is 2.72 bits per heavy atom. The van der Waals surface area contributed by atoms with Crippen LogP contribution in [0, 0.1) is 5.92 Å². The van der Waals surface area contributed by atoms with Crippen molar-refractivity contribution in [3.8, 4) is 0 Å². The lowest BCUT2D eigenvalue weighted by Gasteiger charge is -2.35. The van der Waals surface area contributed by atoms with E-state index in [1.165, 1.54) is 11.8 Å². The fraction of sp³-hybridized carbons (Fsp3) is 0.455. The Labute approximate surface area is 105 Å². The van der Waals surface area contributed by atoms with Crippen LogP contribution in [0.5, 0.6) is 0 Å². The molecule has 1 saturated carbocycles. The molecular weight excluding hydrogens is 263 g/mol. The first-order valence-corrected chi connectivity index (χ1v) is 6.45. The predicted molar refractivity (Wildman–Crippen MR) is 61.4 cm³/mol. The highest BCUT2D eigenvalue weighted by atomic mass is 32.2. The van der Waals surface area contributed by atoms with Crippen molar-refractivity contribution >= 4 is 17.4 Å². The van der Waals surface area contributed by atoms with E-state index in [4.69, 9.17) is 0 Å². The third-order valence-corrected chi connectivity index (χ3v) is 4.32. The minimum Gasteiger partial charge on any atom is -0.277 e. The maximum absolute atomic E-state index is 12.4. The van der Waals surface area contributed by atoms with Gasteiger partial charge in [-0.05, 0) is 25.0 Å². The first-order valence-electron chi connectivity index (χ1n) is 5.57. The summed E-state index contributed by atoms with van der Waals surface area (Å²) in [5, 5.41) is 8.62. The zero-order valence-electron chi connectivity index (χ0n) is 9.26. The Balaban J connectivity index is 1.68. The van der Waals surface area contributed by atoms with Crippen LogP contribution in [0.1, 0.15) is 12.8 Å². The summed E-state index contributed by atoms with van der Waals surface area (Å²) in [5.74, 6) is -1.14. The number of nitrogens with zero attached hydrogens (tertiary/aromatic N) is 3. The summed E-state index contributed by atoms with van der Waals surface area (Å²) in [5.41, 5.74) is 0.715. The van der Waals surface area contributed by atoms with Crippen molar-refractivity contribution in [2.75, 3.05) is 0 Å². The first-order chi connectivity index (χ1) is 8.54.